The molecular weight excluding hydrogens is 453 g/mol. The number of benzene rings is 2. The normalized spacial score (nSPS) is 14.5. The van der Waals surface area contributed by atoms with E-state index >= 15 is 0 Å². The molecular formula is C21H16Cl3NO5. The van der Waals surface area contributed by atoms with Crippen LogP contribution in [0.2, 0.25) is 15.1 Å². The number of ether oxygens (including phenoxy) is 3. The summed E-state index contributed by atoms with van der Waals surface area (Å²) in [5.74, 6) is -0.579. The molecule has 1 aliphatic heterocycles. The van der Waals surface area contributed by atoms with E-state index in [-0.39, 0.29) is 34.5 Å². The van der Waals surface area contributed by atoms with Crippen molar-refractivity contribution in [3.8, 4) is 11.5 Å². The largest absolute Gasteiger partial charge is 0.493 e. The second kappa shape index (κ2) is 9.51. The van der Waals surface area contributed by atoms with Gasteiger partial charge in [-0.1, -0.05) is 41.7 Å². The molecule has 0 bridgehead atoms. The topological polar surface area (TPSA) is 74.2 Å². The second-order valence-corrected chi connectivity index (χ2v) is 7.44. The molecule has 2 aromatic carbocycles. The summed E-state index contributed by atoms with van der Waals surface area (Å²) in [6.07, 6.45) is 2.38. The summed E-state index contributed by atoms with van der Waals surface area (Å²) < 4.78 is 15.8. The summed E-state index contributed by atoms with van der Waals surface area (Å²) in [4.78, 5) is 28.3. The number of aliphatic imine (C=N–C) groups is 1. The van der Waals surface area contributed by atoms with Crippen molar-refractivity contribution in [2.75, 3.05) is 7.11 Å². The standard InChI is InChI=1S/C21H16Cl3NO5/c1-3-4-18(26)29-19-15(24)7-11(9-17(19)28-2)8-16-21(27)30-20(25-16)12-5-6-13(22)14(23)10-12/h5-10H,3-4H2,1-2H3/b16-8-. The van der Waals surface area contributed by atoms with Gasteiger partial charge in [0, 0.05) is 12.0 Å². The molecule has 1 aliphatic rings. The molecule has 156 valence electrons. The Morgan fingerprint density at radius 3 is 2.57 bits per heavy atom. The molecule has 1 heterocycles. The molecule has 0 amide bonds. The number of cyclic esters (lactones) is 1. The Bertz CT molecular complexity index is 1080. The van der Waals surface area contributed by atoms with Gasteiger partial charge in [-0.2, -0.15) is 0 Å². The fourth-order valence-electron chi connectivity index (χ4n) is 2.61. The monoisotopic (exact) mass is 467 g/mol. The number of hydrogen-bond donors (Lipinski definition) is 0. The van der Waals surface area contributed by atoms with Crippen LogP contribution >= 0.6 is 34.8 Å². The second-order valence-electron chi connectivity index (χ2n) is 6.22. The van der Waals surface area contributed by atoms with Crippen molar-refractivity contribution in [3.05, 3.63) is 62.2 Å². The molecule has 0 unspecified atom stereocenters. The van der Waals surface area contributed by atoms with E-state index in [1.54, 1.807) is 24.3 Å². The summed E-state index contributed by atoms with van der Waals surface area (Å²) in [5.41, 5.74) is 1.08. The number of halogens is 3. The first-order valence-corrected chi connectivity index (χ1v) is 10.0. The molecule has 0 atom stereocenters. The number of esters is 2. The summed E-state index contributed by atoms with van der Waals surface area (Å²) in [7, 11) is 1.42. The molecule has 3 rings (SSSR count). The maximum absolute atomic E-state index is 12.2. The fourth-order valence-corrected chi connectivity index (χ4v) is 3.17. The first-order chi connectivity index (χ1) is 14.3. The lowest BCUT2D eigenvalue weighted by Crippen LogP contribution is -2.08. The highest BCUT2D eigenvalue weighted by Gasteiger charge is 2.25. The van der Waals surface area contributed by atoms with Crippen LogP contribution in [0.25, 0.3) is 6.08 Å². The molecule has 0 radical (unpaired) electrons. The highest BCUT2D eigenvalue weighted by atomic mass is 35.5. The van der Waals surface area contributed by atoms with Gasteiger partial charge in [0.15, 0.2) is 17.2 Å². The highest BCUT2D eigenvalue weighted by molar-refractivity contribution is 6.42. The van der Waals surface area contributed by atoms with Gasteiger partial charge in [-0.05, 0) is 48.4 Å². The number of rotatable bonds is 6. The smallest absolute Gasteiger partial charge is 0.363 e. The van der Waals surface area contributed by atoms with Crippen LogP contribution < -0.4 is 9.47 Å². The molecule has 0 fully saturated rings. The summed E-state index contributed by atoms with van der Waals surface area (Å²) in [5, 5.41) is 0.850. The van der Waals surface area contributed by atoms with Gasteiger partial charge in [0.1, 0.15) is 0 Å². The van der Waals surface area contributed by atoms with Gasteiger partial charge in [0.2, 0.25) is 5.90 Å². The van der Waals surface area contributed by atoms with Crippen molar-refractivity contribution in [1.82, 2.24) is 0 Å². The molecule has 2 aromatic rings. The van der Waals surface area contributed by atoms with Crippen LogP contribution in [0.5, 0.6) is 11.5 Å². The van der Waals surface area contributed by atoms with Crippen molar-refractivity contribution >= 4 is 58.7 Å². The van der Waals surface area contributed by atoms with Crippen LogP contribution in [0.1, 0.15) is 30.9 Å². The molecule has 0 saturated carbocycles. The number of methoxy groups -OCH3 is 1. The van der Waals surface area contributed by atoms with Gasteiger partial charge < -0.3 is 14.2 Å². The molecule has 0 aromatic heterocycles. The Balaban J connectivity index is 1.92. The number of carbonyl (C=O) groups is 2. The van der Waals surface area contributed by atoms with Crippen LogP contribution in [0.4, 0.5) is 0 Å². The Morgan fingerprint density at radius 1 is 1.13 bits per heavy atom. The third-order valence-corrected chi connectivity index (χ3v) is 5.03. The van der Waals surface area contributed by atoms with Crippen LogP contribution in [0, 0.1) is 0 Å². The van der Waals surface area contributed by atoms with E-state index in [2.05, 4.69) is 4.99 Å². The first kappa shape index (κ1) is 22.2. The van der Waals surface area contributed by atoms with Crippen molar-refractivity contribution in [2.45, 2.75) is 19.8 Å². The molecule has 0 spiro atoms. The first-order valence-electron chi connectivity index (χ1n) is 8.88. The van der Waals surface area contributed by atoms with Crippen LogP contribution in [0.15, 0.2) is 41.0 Å². The van der Waals surface area contributed by atoms with Crippen LogP contribution in [0.3, 0.4) is 0 Å². The van der Waals surface area contributed by atoms with E-state index in [4.69, 9.17) is 49.0 Å². The average molecular weight is 469 g/mol. The molecule has 30 heavy (non-hydrogen) atoms. The van der Waals surface area contributed by atoms with E-state index in [0.29, 0.717) is 27.6 Å². The molecule has 6 nitrogen and oxygen atoms in total. The number of nitrogens with zero attached hydrogens (tertiary/aromatic N) is 1. The summed E-state index contributed by atoms with van der Waals surface area (Å²) >= 11 is 18.2. The molecule has 0 saturated heterocycles. The fraction of sp³-hybridized carbons (Fsp3) is 0.190. The van der Waals surface area contributed by atoms with Gasteiger partial charge in [-0.15, -0.1) is 0 Å². The quantitative estimate of drug-likeness (QED) is 0.309. The van der Waals surface area contributed by atoms with E-state index in [1.807, 2.05) is 6.92 Å². The van der Waals surface area contributed by atoms with Crippen molar-refractivity contribution in [2.24, 2.45) is 4.99 Å². The lowest BCUT2D eigenvalue weighted by molar-refractivity contribution is -0.134. The Kier molecular flexibility index (Phi) is 7.02. The molecule has 9 heteroatoms. The maximum atomic E-state index is 12.2. The lowest BCUT2D eigenvalue weighted by Gasteiger charge is -2.11. The zero-order chi connectivity index (χ0) is 21.8. The van der Waals surface area contributed by atoms with E-state index in [0.717, 1.165) is 0 Å². The minimum absolute atomic E-state index is 0.0601. The van der Waals surface area contributed by atoms with Crippen molar-refractivity contribution in [1.29, 1.82) is 0 Å². The minimum atomic E-state index is -0.635. The van der Waals surface area contributed by atoms with Gasteiger partial charge in [-0.3, -0.25) is 4.79 Å². The van der Waals surface area contributed by atoms with E-state index in [1.165, 1.54) is 19.3 Å². The third-order valence-electron chi connectivity index (χ3n) is 4.01. The van der Waals surface area contributed by atoms with E-state index < -0.39 is 11.9 Å². The van der Waals surface area contributed by atoms with Gasteiger partial charge in [0.05, 0.1) is 22.2 Å². The molecule has 0 aliphatic carbocycles. The van der Waals surface area contributed by atoms with Crippen LogP contribution in [-0.4, -0.2) is 24.9 Å². The van der Waals surface area contributed by atoms with Gasteiger partial charge in [-0.25, -0.2) is 9.79 Å². The SMILES string of the molecule is CCCC(=O)Oc1c(Cl)cc(/C=C2\N=C(c3ccc(Cl)c(Cl)c3)OC2=O)cc1OC. The molecule has 0 N–H and O–H groups in total. The third kappa shape index (κ3) is 4.95. The predicted molar refractivity (Wildman–Crippen MR) is 116 cm³/mol. The zero-order valence-corrected chi connectivity index (χ0v) is 18.3. The highest BCUT2D eigenvalue weighted by Crippen LogP contribution is 2.37. The van der Waals surface area contributed by atoms with Crippen LogP contribution in [-0.2, 0) is 14.3 Å². The summed E-state index contributed by atoms with van der Waals surface area (Å²) in [6, 6.07) is 7.89. The number of hydrogen-bond acceptors (Lipinski definition) is 6. The van der Waals surface area contributed by atoms with Crippen molar-refractivity contribution < 1.29 is 23.8 Å². The summed E-state index contributed by atoms with van der Waals surface area (Å²) in [6.45, 7) is 1.86. The average Bonchev–Trinajstić information content (AvgIpc) is 3.06. The van der Waals surface area contributed by atoms with E-state index in [9.17, 15) is 9.59 Å². The zero-order valence-electron chi connectivity index (χ0n) is 16.0. The van der Waals surface area contributed by atoms with Gasteiger partial charge in [0.25, 0.3) is 0 Å². The minimum Gasteiger partial charge on any atom is -0.493 e. The maximum Gasteiger partial charge on any atom is 0.363 e. The van der Waals surface area contributed by atoms with Gasteiger partial charge >= 0.3 is 11.9 Å². The lowest BCUT2D eigenvalue weighted by atomic mass is 10.1. The Morgan fingerprint density at radius 2 is 1.90 bits per heavy atom. The Hall–Kier alpha value is -2.54. The Labute approximate surface area is 188 Å². The van der Waals surface area contributed by atoms with Crippen molar-refractivity contribution in [3.63, 3.8) is 0 Å². The predicted octanol–water partition coefficient (Wildman–Crippen LogP) is 5.71. The number of carbonyl (C=O) groups excluding carboxylic acids is 2.